The molecule has 0 aliphatic heterocycles. The molecule has 9 aromatic rings. The van der Waals surface area contributed by atoms with Crippen LogP contribution >= 0.6 is 0 Å². The molecule has 9 rings (SSSR count). The molecule has 3 heterocycles. The normalized spacial score (nSPS) is 11.6. The Hall–Kier alpha value is -6.07. The minimum atomic E-state index is 0.569. The standard InChI is InChI=1S/C39H24N4O/c1-3-11-25(12-4-1)26-19-21-28(22-20-26)38-40-37(27-13-5-2-6-14-27)41-39(42-38)43-31-17-9-7-15-29(31)35-32(43)23-24-34-36(35)30-16-8-10-18-33(30)44-34/h1-24H. The Morgan fingerprint density at radius 1 is 0.386 bits per heavy atom. The molecule has 0 saturated heterocycles. The topological polar surface area (TPSA) is 56.7 Å². The van der Waals surface area contributed by atoms with Crippen LogP contribution in [0.1, 0.15) is 0 Å². The van der Waals surface area contributed by atoms with Crippen LogP contribution in [0, 0.1) is 0 Å². The minimum absolute atomic E-state index is 0.569. The summed E-state index contributed by atoms with van der Waals surface area (Å²) in [4.78, 5) is 15.2. The third kappa shape index (κ3) is 3.83. The van der Waals surface area contributed by atoms with E-state index in [0.717, 1.165) is 60.4 Å². The van der Waals surface area contributed by atoms with E-state index in [9.17, 15) is 0 Å². The van der Waals surface area contributed by atoms with Crippen LogP contribution in [0.2, 0.25) is 0 Å². The van der Waals surface area contributed by atoms with Crippen molar-refractivity contribution < 1.29 is 4.42 Å². The fourth-order valence-corrected chi connectivity index (χ4v) is 6.24. The van der Waals surface area contributed by atoms with Gasteiger partial charge < -0.3 is 4.42 Å². The zero-order valence-corrected chi connectivity index (χ0v) is 23.6. The first-order chi connectivity index (χ1) is 21.8. The lowest BCUT2D eigenvalue weighted by atomic mass is 10.0. The number of benzene rings is 6. The molecule has 0 N–H and O–H groups in total. The Labute approximate surface area is 252 Å². The van der Waals surface area contributed by atoms with Gasteiger partial charge in [0.05, 0.1) is 11.0 Å². The van der Waals surface area contributed by atoms with Gasteiger partial charge in [-0.25, -0.2) is 4.98 Å². The number of para-hydroxylation sites is 2. The van der Waals surface area contributed by atoms with Gasteiger partial charge in [0.1, 0.15) is 11.2 Å². The molecule has 0 radical (unpaired) electrons. The van der Waals surface area contributed by atoms with E-state index < -0.39 is 0 Å². The van der Waals surface area contributed by atoms with Crippen molar-refractivity contribution in [3.05, 3.63) is 146 Å². The van der Waals surface area contributed by atoms with E-state index in [2.05, 4.69) is 102 Å². The average molecular weight is 565 g/mol. The maximum Gasteiger partial charge on any atom is 0.238 e. The summed E-state index contributed by atoms with van der Waals surface area (Å²) in [6.45, 7) is 0. The first-order valence-electron chi connectivity index (χ1n) is 14.6. The molecule has 0 unspecified atom stereocenters. The number of hydrogen-bond donors (Lipinski definition) is 0. The summed E-state index contributed by atoms with van der Waals surface area (Å²) in [6.07, 6.45) is 0. The molecule has 5 nitrogen and oxygen atoms in total. The molecule has 6 aromatic carbocycles. The van der Waals surface area contributed by atoms with Gasteiger partial charge in [-0.2, -0.15) is 9.97 Å². The van der Waals surface area contributed by atoms with Crippen LogP contribution in [-0.4, -0.2) is 19.5 Å². The summed E-state index contributed by atoms with van der Waals surface area (Å²) >= 11 is 0. The molecule has 0 aliphatic rings. The quantitative estimate of drug-likeness (QED) is 0.213. The number of aromatic nitrogens is 4. The van der Waals surface area contributed by atoms with Crippen LogP contribution in [0.3, 0.4) is 0 Å². The van der Waals surface area contributed by atoms with E-state index >= 15 is 0 Å². The van der Waals surface area contributed by atoms with Gasteiger partial charge in [-0.15, -0.1) is 0 Å². The van der Waals surface area contributed by atoms with Crippen molar-refractivity contribution in [2.75, 3.05) is 0 Å². The number of rotatable bonds is 4. The summed E-state index contributed by atoms with van der Waals surface area (Å²) < 4.78 is 8.42. The molecule has 0 spiro atoms. The van der Waals surface area contributed by atoms with Crippen molar-refractivity contribution in [1.29, 1.82) is 0 Å². The third-order valence-electron chi connectivity index (χ3n) is 8.28. The highest BCUT2D eigenvalue weighted by Gasteiger charge is 2.21. The van der Waals surface area contributed by atoms with Crippen LogP contribution in [0.25, 0.3) is 83.6 Å². The lowest BCUT2D eigenvalue weighted by molar-refractivity contribution is 0.669. The molecule has 0 fully saturated rings. The predicted octanol–water partition coefficient (Wildman–Crippen LogP) is 9.87. The maximum atomic E-state index is 6.27. The minimum Gasteiger partial charge on any atom is -0.456 e. The van der Waals surface area contributed by atoms with Crippen molar-refractivity contribution in [2.24, 2.45) is 0 Å². The third-order valence-corrected chi connectivity index (χ3v) is 8.28. The molecule has 0 bridgehead atoms. The molecule has 44 heavy (non-hydrogen) atoms. The Bertz CT molecular complexity index is 2480. The first-order valence-corrected chi connectivity index (χ1v) is 14.6. The number of fused-ring (bicyclic) bond motifs is 7. The second-order valence-corrected chi connectivity index (χ2v) is 10.9. The van der Waals surface area contributed by atoms with E-state index in [-0.39, 0.29) is 0 Å². The van der Waals surface area contributed by atoms with E-state index in [4.69, 9.17) is 19.4 Å². The molecular weight excluding hydrogens is 540 g/mol. The Morgan fingerprint density at radius 3 is 1.70 bits per heavy atom. The largest absolute Gasteiger partial charge is 0.456 e. The van der Waals surface area contributed by atoms with E-state index in [0.29, 0.717) is 17.6 Å². The van der Waals surface area contributed by atoms with Crippen molar-refractivity contribution in [2.45, 2.75) is 0 Å². The summed E-state index contributed by atoms with van der Waals surface area (Å²) in [7, 11) is 0. The highest BCUT2D eigenvalue weighted by molar-refractivity contribution is 6.27. The predicted molar refractivity (Wildman–Crippen MR) is 178 cm³/mol. The molecule has 5 heteroatoms. The van der Waals surface area contributed by atoms with Crippen LogP contribution in [0.15, 0.2) is 150 Å². The number of furan rings is 1. The Balaban J connectivity index is 1.32. The summed E-state index contributed by atoms with van der Waals surface area (Å²) in [6, 6.07) is 49.7. The molecule has 3 aromatic heterocycles. The molecule has 0 atom stereocenters. The zero-order valence-electron chi connectivity index (χ0n) is 23.6. The van der Waals surface area contributed by atoms with Crippen molar-refractivity contribution in [1.82, 2.24) is 19.5 Å². The van der Waals surface area contributed by atoms with Gasteiger partial charge in [-0.1, -0.05) is 121 Å². The van der Waals surface area contributed by atoms with Crippen molar-refractivity contribution in [3.8, 4) is 39.9 Å². The van der Waals surface area contributed by atoms with Crippen LogP contribution < -0.4 is 0 Å². The summed E-state index contributed by atoms with van der Waals surface area (Å²) in [5.41, 5.74) is 7.95. The highest BCUT2D eigenvalue weighted by atomic mass is 16.3. The van der Waals surface area contributed by atoms with Gasteiger partial charge in [-0.3, -0.25) is 4.57 Å². The lowest BCUT2D eigenvalue weighted by Gasteiger charge is -2.11. The van der Waals surface area contributed by atoms with Gasteiger partial charge in [0.2, 0.25) is 5.95 Å². The van der Waals surface area contributed by atoms with Gasteiger partial charge in [0.25, 0.3) is 0 Å². The van der Waals surface area contributed by atoms with Crippen LogP contribution in [0.4, 0.5) is 0 Å². The molecular formula is C39H24N4O. The first kappa shape index (κ1) is 24.5. The Kier molecular flexibility index (Phi) is 5.43. The second kappa shape index (κ2) is 9.75. The Morgan fingerprint density at radius 2 is 0.955 bits per heavy atom. The SMILES string of the molecule is c1ccc(-c2ccc(-c3nc(-c4ccccc4)nc(-n4c5ccccc5c5c6c(ccc54)oc4ccccc46)n3)cc2)cc1. The fraction of sp³-hybridized carbons (Fsp3) is 0. The van der Waals surface area contributed by atoms with Gasteiger partial charge >= 0.3 is 0 Å². The second-order valence-electron chi connectivity index (χ2n) is 10.9. The zero-order chi connectivity index (χ0) is 29.0. The van der Waals surface area contributed by atoms with Crippen molar-refractivity contribution in [3.63, 3.8) is 0 Å². The van der Waals surface area contributed by atoms with Crippen LogP contribution in [-0.2, 0) is 0 Å². The van der Waals surface area contributed by atoms with Gasteiger partial charge in [0, 0.05) is 32.7 Å². The average Bonchev–Trinajstić information content (AvgIpc) is 3.64. The summed E-state index contributed by atoms with van der Waals surface area (Å²) in [5.74, 6) is 1.81. The smallest absolute Gasteiger partial charge is 0.238 e. The van der Waals surface area contributed by atoms with Crippen molar-refractivity contribution >= 4 is 43.7 Å². The van der Waals surface area contributed by atoms with E-state index in [1.54, 1.807) is 0 Å². The van der Waals surface area contributed by atoms with E-state index in [1.807, 2.05) is 48.5 Å². The molecule has 206 valence electrons. The maximum absolute atomic E-state index is 6.27. The highest BCUT2D eigenvalue weighted by Crippen LogP contribution is 2.41. The summed E-state index contributed by atoms with van der Waals surface area (Å²) in [5, 5.41) is 4.44. The number of nitrogens with zero attached hydrogens (tertiary/aromatic N) is 4. The molecule has 0 aliphatic carbocycles. The molecule has 0 amide bonds. The van der Waals surface area contributed by atoms with Crippen LogP contribution in [0.5, 0.6) is 0 Å². The number of hydrogen-bond acceptors (Lipinski definition) is 4. The lowest BCUT2D eigenvalue weighted by Crippen LogP contribution is -2.06. The fourth-order valence-electron chi connectivity index (χ4n) is 6.24. The molecule has 0 saturated carbocycles. The van der Waals surface area contributed by atoms with Gasteiger partial charge in [0.15, 0.2) is 11.6 Å². The van der Waals surface area contributed by atoms with Gasteiger partial charge in [-0.05, 0) is 35.4 Å². The monoisotopic (exact) mass is 564 g/mol. The van der Waals surface area contributed by atoms with E-state index in [1.165, 1.54) is 5.56 Å².